The molecule has 3 aromatic heterocycles. The van der Waals surface area contributed by atoms with Crippen LogP contribution in [0.3, 0.4) is 0 Å². The third-order valence-corrected chi connectivity index (χ3v) is 8.65. The maximum Gasteiger partial charge on any atom is 0.407 e. The highest BCUT2D eigenvalue weighted by Gasteiger charge is 2.34. The van der Waals surface area contributed by atoms with Crippen LogP contribution in [0, 0.1) is 5.82 Å². The number of aryl methyl sites for hydroxylation is 2. The molecule has 48 heavy (non-hydrogen) atoms. The van der Waals surface area contributed by atoms with Crippen molar-refractivity contribution in [2.24, 2.45) is 14.1 Å². The van der Waals surface area contributed by atoms with Crippen LogP contribution in [-0.4, -0.2) is 69.3 Å². The number of aliphatic hydroxyl groups is 1. The fourth-order valence-electron chi connectivity index (χ4n) is 6.10. The summed E-state index contributed by atoms with van der Waals surface area (Å²) in [5.41, 5.74) is 2.36. The number of fused-ring (bicyclic) bond motifs is 1. The summed E-state index contributed by atoms with van der Waals surface area (Å²) in [6.45, 7) is 7.35. The molecule has 1 amide bonds. The average molecular weight is 657 g/mol. The van der Waals surface area contributed by atoms with E-state index < -0.39 is 17.3 Å². The molecule has 0 spiro atoms. The van der Waals surface area contributed by atoms with Crippen LogP contribution in [0.2, 0.25) is 0 Å². The van der Waals surface area contributed by atoms with E-state index in [0.717, 1.165) is 16.7 Å². The summed E-state index contributed by atoms with van der Waals surface area (Å²) in [6.07, 6.45) is 5.34. The fraction of sp³-hybridized carbons (Fsp3) is 0.400. The van der Waals surface area contributed by atoms with E-state index in [2.05, 4.69) is 25.3 Å². The number of rotatable bonds is 8. The first-order valence-electron chi connectivity index (χ1n) is 16.0. The van der Waals surface area contributed by atoms with E-state index in [1.807, 2.05) is 68.9 Å². The number of ether oxygens (including phenoxy) is 1. The molecule has 1 aliphatic rings. The summed E-state index contributed by atoms with van der Waals surface area (Å²) in [7, 11) is 3.63. The number of imidazole rings is 1. The standard InChI is InChI=1S/C35H41FN8O4/c1-34(2,3)48-33(46)38-19-23-6-8-24(9-7-23)30-28-29(40-42(30)5)32(45)44(22-39-28)21-35(47)12-15-43(16-13-35)20-26-11-10-25(18-27(26)36)31-37-14-17-41(31)4/h6-11,14,17-18,22,47H,12-13,15-16,19-21H2,1-5H3,(H,38,46). The predicted octanol–water partition coefficient (Wildman–Crippen LogP) is 4.39. The van der Waals surface area contributed by atoms with Gasteiger partial charge in [-0.3, -0.25) is 18.9 Å². The van der Waals surface area contributed by atoms with E-state index in [-0.39, 0.29) is 23.4 Å². The van der Waals surface area contributed by atoms with Gasteiger partial charge >= 0.3 is 6.09 Å². The van der Waals surface area contributed by atoms with E-state index in [1.165, 1.54) is 17.0 Å². The first-order chi connectivity index (χ1) is 22.8. The second-order valence-electron chi connectivity index (χ2n) is 13.6. The number of carbonyl (C=O) groups excluding carboxylic acids is 1. The molecular weight excluding hydrogens is 615 g/mol. The van der Waals surface area contributed by atoms with Crippen molar-refractivity contribution in [1.82, 2.24) is 39.1 Å². The van der Waals surface area contributed by atoms with Gasteiger partial charge in [-0.15, -0.1) is 0 Å². The second kappa shape index (κ2) is 13.0. The number of aromatic nitrogens is 6. The molecule has 0 saturated carbocycles. The Bertz CT molecular complexity index is 2000. The van der Waals surface area contributed by atoms with Crippen molar-refractivity contribution in [2.75, 3.05) is 13.1 Å². The van der Waals surface area contributed by atoms with Gasteiger partial charge in [0.1, 0.15) is 22.8 Å². The molecule has 12 nitrogen and oxygen atoms in total. The van der Waals surface area contributed by atoms with Gasteiger partial charge in [-0.1, -0.05) is 36.4 Å². The van der Waals surface area contributed by atoms with Crippen LogP contribution in [0.5, 0.6) is 0 Å². The molecule has 6 rings (SSSR count). The van der Waals surface area contributed by atoms with Gasteiger partial charge in [0.2, 0.25) is 0 Å². The number of carbonyl (C=O) groups is 1. The molecule has 2 aromatic carbocycles. The summed E-state index contributed by atoms with van der Waals surface area (Å²) in [5.74, 6) is 0.414. The number of likely N-dealkylation sites (tertiary alicyclic amines) is 1. The Morgan fingerprint density at radius 1 is 1.04 bits per heavy atom. The Hall–Kier alpha value is -4.88. The number of amides is 1. The first kappa shape index (κ1) is 33.0. The smallest absolute Gasteiger partial charge is 0.407 e. The maximum absolute atomic E-state index is 15.0. The molecular formula is C35H41FN8O4. The van der Waals surface area contributed by atoms with Gasteiger partial charge in [0.25, 0.3) is 5.56 Å². The molecule has 1 saturated heterocycles. The molecule has 2 N–H and O–H groups in total. The highest BCUT2D eigenvalue weighted by molar-refractivity contribution is 5.89. The lowest BCUT2D eigenvalue weighted by atomic mass is 9.91. The van der Waals surface area contributed by atoms with Crippen LogP contribution in [-0.2, 0) is 38.5 Å². The number of piperidine rings is 1. The molecule has 1 fully saturated rings. The van der Waals surface area contributed by atoms with Crippen LogP contribution in [0.4, 0.5) is 9.18 Å². The monoisotopic (exact) mass is 656 g/mol. The number of nitrogens with one attached hydrogen (secondary N) is 1. The molecule has 252 valence electrons. The van der Waals surface area contributed by atoms with E-state index in [4.69, 9.17) is 4.74 Å². The van der Waals surface area contributed by atoms with Gasteiger partial charge in [0, 0.05) is 69.4 Å². The molecule has 1 aliphatic heterocycles. The molecule has 0 bridgehead atoms. The van der Waals surface area contributed by atoms with E-state index >= 15 is 4.39 Å². The highest BCUT2D eigenvalue weighted by Crippen LogP contribution is 2.28. The lowest BCUT2D eigenvalue weighted by Gasteiger charge is -2.38. The van der Waals surface area contributed by atoms with Crippen molar-refractivity contribution in [3.05, 3.63) is 88.5 Å². The minimum atomic E-state index is -1.11. The zero-order chi connectivity index (χ0) is 34.2. The maximum atomic E-state index is 15.0. The number of hydrogen-bond donors (Lipinski definition) is 2. The van der Waals surface area contributed by atoms with Crippen molar-refractivity contribution < 1.29 is 19.0 Å². The molecule has 0 atom stereocenters. The minimum absolute atomic E-state index is 0.0839. The Kier molecular flexibility index (Phi) is 8.92. The first-order valence-corrected chi connectivity index (χ1v) is 16.0. The van der Waals surface area contributed by atoms with Crippen LogP contribution >= 0.6 is 0 Å². The van der Waals surface area contributed by atoms with Crippen LogP contribution < -0.4 is 10.9 Å². The van der Waals surface area contributed by atoms with Crippen molar-refractivity contribution >= 4 is 17.1 Å². The summed E-state index contributed by atoms with van der Waals surface area (Å²) in [5, 5.41) is 18.7. The Morgan fingerprint density at radius 3 is 2.40 bits per heavy atom. The van der Waals surface area contributed by atoms with Gasteiger partial charge in [-0.05, 0) is 45.2 Å². The van der Waals surface area contributed by atoms with Gasteiger partial charge in [0.15, 0.2) is 5.52 Å². The van der Waals surface area contributed by atoms with Crippen molar-refractivity contribution in [3.8, 4) is 22.6 Å². The summed E-state index contributed by atoms with van der Waals surface area (Å²) >= 11 is 0. The van der Waals surface area contributed by atoms with E-state index in [0.29, 0.717) is 61.6 Å². The Morgan fingerprint density at radius 2 is 1.75 bits per heavy atom. The zero-order valence-electron chi connectivity index (χ0n) is 27.9. The largest absolute Gasteiger partial charge is 0.444 e. The van der Waals surface area contributed by atoms with E-state index in [9.17, 15) is 14.7 Å². The Labute approximate surface area is 277 Å². The van der Waals surface area contributed by atoms with Crippen LogP contribution in [0.1, 0.15) is 44.7 Å². The molecule has 5 aromatic rings. The van der Waals surface area contributed by atoms with Crippen molar-refractivity contribution in [3.63, 3.8) is 0 Å². The highest BCUT2D eigenvalue weighted by atomic mass is 19.1. The molecule has 0 radical (unpaired) electrons. The van der Waals surface area contributed by atoms with Gasteiger partial charge in [-0.25, -0.2) is 19.2 Å². The third kappa shape index (κ3) is 7.16. The number of halogens is 1. The van der Waals surface area contributed by atoms with Crippen LogP contribution in [0.15, 0.2) is 66.0 Å². The normalized spacial score (nSPS) is 15.1. The van der Waals surface area contributed by atoms with Gasteiger partial charge < -0.3 is 19.7 Å². The average Bonchev–Trinajstić information content (AvgIpc) is 3.61. The number of alkyl carbamates (subject to hydrolysis) is 1. The van der Waals surface area contributed by atoms with Gasteiger partial charge in [-0.2, -0.15) is 5.10 Å². The number of benzene rings is 2. The topological polar surface area (TPSA) is 132 Å². The summed E-state index contributed by atoms with van der Waals surface area (Å²) in [6, 6.07) is 12.7. The number of nitrogens with zero attached hydrogens (tertiary/aromatic N) is 7. The Balaban J connectivity index is 1.09. The molecule has 0 unspecified atom stereocenters. The second-order valence-corrected chi connectivity index (χ2v) is 13.6. The summed E-state index contributed by atoms with van der Waals surface area (Å²) < 4.78 is 25.2. The van der Waals surface area contributed by atoms with Crippen molar-refractivity contribution in [2.45, 2.75) is 64.4 Å². The lowest BCUT2D eigenvalue weighted by Crippen LogP contribution is -2.47. The SMILES string of the molecule is Cn1ccnc1-c1ccc(CN2CCC(O)(Cn3cnc4c(-c5ccc(CNC(=O)OC(C)(C)C)cc5)n(C)nc4c3=O)CC2)c(F)c1. The molecule has 0 aliphatic carbocycles. The quantitative estimate of drug-likeness (QED) is 0.252. The molecule has 13 heteroatoms. The van der Waals surface area contributed by atoms with Gasteiger partial charge in [0.05, 0.1) is 24.2 Å². The van der Waals surface area contributed by atoms with Crippen molar-refractivity contribution in [1.29, 1.82) is 0 Å². The van der Waals surface area contributed by atoms with Crippen LogP contribution in [0.25, 0.3) is 33.7 Å². The fourth-order valence-corrected chi connectivity index (χ4v) is 6.10. The van der Waals surface area contributed by atoms with E-state index in [1.54, 1.807) is 24.0 Å². The third-order valence-electron chi connectivity index (χ3n) is 8.65. The lowest BCUT2D eigenvalue weighted by molar-refractivity contribution is -0.0366. The zero-order valence-corrected chi connectivity index (χ0v) is 27.9. The number of hydrogen-bond acceptors (Lipinski definition) is 8. The predicted molar refractivity (Wildman–Crippen MR) is 179 cm³/mol. The summed E-state index contributed by atoms with van der Waals surface area (Å²) in [4.78, 5) is 36.6. The molecule has 4 heterocycles. The minimum Gasteiger partial charge on any atom is -0.444 e.